The Morgan fingerprint density at radius 1 is 1.33 bits per heavy atom. The van der Waals surface area contributed by atoms with Crippen LogP contribution in [0.1, 0.15) is 51.5 Å². The van der Waals surface area contributed by atoms with E-state index < -0.39 is 30.1 Å². The molecule has 1 aromatic carbocycles. The van der Waals surface area contributed by atoms with Crippen molar-refractivity contribution < 1.29 is 25.6 Å². The lowest BCUT2D eigenvalue weighted by atomic mass is 10.0. The van der Waals surface area contributed by atoms with Gasteiger partial charge in [-0.15, -0.1) is 0 Å². The number of carboxylic acid groups (broad SMARTS) is 1. The van der Waals surface area contributed by atoms with Crippen LogP contribution in [0.25, 0.3) is 1.43 Å². The molecule has 164 valence electrons. The molecule has 1 saturated carbocycles. The highest BCUT2D eigenvalue weighted by Crippen LogP contribution is 2.41. The maximum Gasteiger partial charge on any atom is 0.326 e. The zero-order chi connectivity index (χ0) is 23.3. The first-order valence-corrected chi connectivity index (χ1v) is 10.9. The lowest BCUT2D eigenvalue weighted by Crippen LogP contribution is -2.55. The molecule has 1 saturated heterocycles. The monoisotopic (exact) mass is 418 g/mol. The molecule has 1 heterocycles. The minimum Gasteiger partial charge on any atom is -0.480 e. The Balaban J connectivity index is 1.76. The molecule has 7 nitrogen and oxygen atoms in total. The molecule has 0 spiro atoms. The van der Waals surface area contributed by atoms with Gasteiger partial charge in [0.15, 0.2) is 0 Å². The van der Waals surface area contributed by atoms with Gasteiger partial charge in [0.05, 0.1) is 12.6 Å². The number of rotatable bonds is 9. The van der Waals surface area contributed by atoms with Gasteiger partial charge >= 0.3 is 11.9 Å². The molecular weight excluding hydrogens is 384 g/mol. The number of carboxylic acids is 1. The number of hydrogen-bond donors (Lipinski definition) is 2. The Kier molecular flexibility index (Phi) is 6.56. The molecule has 0 unspecified atom stereocenters. The lowest BCUT2D eigenvalue weighted by Gasteiger charge is -2.31. The normalized spacial score (nSPS) is 25.8. The van der Waals surface area contributed by atoms with E-state index >= 15 is 0 Å². The van der Waals surface area contributed by atoms with E-state index in [1.807, 2.05) is 30.3 Å². The van der Waals surface area contributed by atoms with E-state index in [4.69, 9.17) is 7.58 Å². The van der Waals surface area contributed by atoms with E-state index in [1.54, 1.807) is 13.8 Å². The highest BCUT2D eigenvalue weighted by atomic mass is 16.5. The highest BCUT2D eigenvalue weighted by molar-refractivity contribution is 5.88. The zero-order valence-corrected chi connectivity index (χ0v) is 17.7. The first-order valence-electron chi connectivity index (χ1n) is 11.7. The number of nitrogens with one attached hydrogen (secondary N) is 1. The van der Waals surface area contributed by atoms with E-state index in [9.17, 15) is 14.4 Å². The second-order valence-electron chi connectivity index (χ2n) is 8.19. The first kappa shape index (κ1) is 19.5. The van der Waals surface area contributed by atoms with Crippen LogP contribution in [0.3, 0.4) is 0 Å². The van der Waals surface area contributed by atoms with Crippen molar-refractivity contribution in [3.05, 3.63) is 35.9 Å². The molecule has 0 radical (unpaired) electrons. The Labute approximate surface area is 180 Å². The largest absolute Gasteiger partial charge is 0.480 e. The molecule has 2 N–H and O–H groups in total. The summed E-state index contributed by atoms with van der Waals surface area (Å²) in [5, 5.41) is 5.22. The number of likely N-dealkylation sites (tertiary alicyclic amines) is 1. The van der Waals surface area contributed by atoms with E-state index in [-0.39, 0.29) is 24.5 Å². The standard InChI is InChI=1S/C23H32N2O5/c1-3-30-23(29)18(13-12-16-8-5-4-6-9-16)24-15(2)21(26)25-19-11-7-10-17(19)14-20(25)22(27)28/h4-6,8-9,15,17-20,24H,3,7,10-14H2,1-2H3,(H,27,28)/t15-,17-,18-,19-,20-/m0/s1/i/hD2. The van der Waals surface area contributed by atoms with Crippen LogP contribution in [0.5, 0.6) is 0 Å². The summed E-state index contributed by atoms with van der Waals surface area (Å²) in [6, 6.07) is 6.86. The summed E-state index contributed by atoms with van der Waals surface area (Å²) in [4.78, 5) is 39.8. The van der Waals surface area contributed by atoms with Crippen LogP contribution in [0.2, 0.25) is 1.41 Å². The maximum absolute atomic E-state index is 13.5. The highest BCUT2D eigenvalue weighted by Gasteiger charge is 2.49. The zero-order valence-electron chi connectivity index (χ0n) is 19.7. The maximum atomic E-state index is 13.5. The Hall–Kier alpha value is -2.41. The summed E-state index contributed by atoms with van der Waals surface area (Å²) in [5.74, 6) is -1.48. The molecule has 30 heavy (non-hydrogen) atoms. The first-order chi connectivity index (χ1) is 15.4. The summed E-state index contributed by atoms with van der Waals surface area (Å²) < 4.78 is 20.8. The summed E-state index contributed by atoms with van der Waals surface area (Å²) in [7, 11) is 0. The molecule has 1 aromatic rings. The van der Waals surface area contributed by atoms with Crippen molar-refractivity contribution >= 4 is 17.8 Å². The molecule has 2 aliphatic rings. The average Bonchev–Trinajstić information content (AvgIpc) is 3.40. The second-order valence-corrected chi connectivity index (χ2v) is 8.19. The predicted molar refractivity (Wildman–Crippen MR) is 112 cm³/mol. The number of aliphatic carboxylic acids is 1. The van der Waals surface area contributed by atoms with Crippen molar-refractivity contribution in [3.63, 3.8) is 0 Å². The van der Waals surface area contributed by atoms with Gasteiger partial charge in [-0.1, -0.05) is 36.8 Å². The van der Waals surface area contributed by atoms with Crippen LogP contribution >= 0.6 is 0 Å². The van der Waals surface area contributed by atoms with E-state index in [0.29, 0.717) is 19.3 Å². The number of ether oxygens (including phenoxy) is 1. The van der Waals surface area contributed by atoms with Gasteiger partial charge in [0.25, 0.3) is 1.43 Å². The van der Waals surface area contributed by atoms with Crippen molar-refractivity contribution in [2.75, 3.05) is 6.61 Å². The molecule has 0 bridgehead atoms. The van der Waals surface area contributed by atoms with Gasteiger partial charge in [-0.05, 0) is 57.4 Å². The predicted octanol–water partition coefficient (Wildman–Crippen LogP) is 2.38. The third-order valence-electron chi connectivity index (χ3n) is 6.23. The SMILES string of the molecule is [2H]OC(=O)[C@@H]1C[C@@H]2CCC[C@@H]2N1C(=O)[C@H](C)N([2H])[C@@H](CCc1ccccc1)C(=O)OCC. The summed E-state index contributed by atoms with van der Waals surface area (Å²) in [5.41, 5.74) is 1.03. The number of aryl methyl sites for hydroxylation is 1. The van der Waals surface area contributed by atoms with Gasteiger partial charge in [-0.3, -0.25) is 14.9 Å². The van der Waals surface area contributed by atoms with E-state index in [0.717, 1.165) is 30.1 Å². The summed E-state index contributed by atoms with van der Waals surface area (Å²) in [6.45, 7) is 3.47. The molecule has 3 rings (SSSR count). The van der Waals surface area contributed by atoms with Crippen LogP contribution in [0, 0.1) is 5.92 Å². The third kappa shape index (κ3) is 5.01. The second kappa shape index (κ2) is 10.1. The molecular formula is C23H32N2O5. The van der Waals surface area contributed by atoms with Crippen molar-refractivity contribution in [3.8, 4) is 0 Å². The van der Waals surface area contributed by atoms with Crippen molar-refractivity contribution in [1.29, 1.82) is 1.43 Å². The summed E-state index contributed by atoms with van der Waals surface area (Å²) in [6.07, 6.45) is 4.06. The van der Waals surface area contributed by atoms with Gasteiger partial charge < -0.3 is 14.7 Å². The smallest absolute Gasteiger partial charge is 0.326 e. The van der Waals surface area contributed by atoms with Crippen LogP contribution in [-0.2, 0) is 25.5 Å². The minimum atomic E-state index is -0.958. The lowest BCUT2D eigenvalue weighted by molar-refractivity contribution is -0.151. The molecule has 1 amide bonds. The van der Waals surface area contributed by atoms with Gasteiger partial charge in [0, 0.05) is 6.04 Å². The Bertz CT molecular complexity index is 809. The minimum absolute atomic E-state index is 0.0900. The van der Waals surface area contributed by atoms with E-state index in [1.165, 1.54) is 4.90 Å². The Morgan fingerprint density at radius 3 is 2.80 bits per heavy atom. The number of esters is 1. The number of amides is 1. The molecule has 0 aromatic heterocycles. The van der Waals surface area contributed by atoms with Crippen LogP contribution < -0.4 is 5.31 Å². The van der Waals surface area contributed by atoms with Crippen molar-refractivity contribution in [1.82, 2.24) is 10.2 Å². The molecule has 1 aliphatic heterocycles. The summed E-state index contributed by atoms with van der Waals surface area (Å²) >= 11 is 0. The third-order valence-corrected chi connectivity index (χ3v) is 6.23. The number of carbonyl (C=O) groups is 3. The van der Waals surface area contributed by atoms with Crippen LogP contribution in [0.15, 0.2) is 30.3 Å². The Morgan fingerprint density at radius 2 is 2.10 bits per heavy atom. The average molecular weight is 419 g/mol. The molecule has 5 atom stereocenters. The van der Waals surface area contributed by atoms with Gasteiger partial charge in [-0.25, -0.2) is 4.79 Å². The fraction of sp³-hybridized carbons (Fsp3) is 0.609. The van der Waals surface area contributed by atoms with Crippen molar-refractivity contribution in [2.24, 2.45) is 5.92 Å². The molecule has 2 fully saturated rings. The number of nitrogens with zero attached hydrogens (tertiary/aromatic N) is 1. The quantitative estimate of drug-likeness (QED) is 0.598. The van der Waals surface area contributed by atoms with Gasteiger partial charge in [-0.2, -0.15) is 0 Å². The fourth-order valence-corrected chi connectivity index (χ4v) is 4.81. The number of fused-ring (bicyclic) bond motifs is 1. The van der Waals surface area contributed by atoms with Gasteiger partial charge in [0.2, 0.25) is 5.91 Å². The van der Waals surface area contributed by atoms with Crippen LogP contribution in [0.4, 0.5) is 0 Å². The van der Waals surface area contributed by atoms with Gasteiger partial charge in [0.1, 0.15) is 13.5 Å². The van der Waals surface area contributed by atoms with E-state index in [2.05, 4.69) is 5.11 Å². The molecule has 1 aliphatic carbocycles. The number of carbonyl (C=O) groups excluding carboxylic acids is 2. The topological polar surface area (TPSA) is 95.9 Å². The number of benzene rings is 1. The van der Waals surface area contributed by atoms with Crippen LogP contribution in [-0.4, -0.2) is 58.6 Å². The van der Waals surface area contributed by atoms with Crippen molar-refractivity contribution in [2.45, 2.75) is 76.5 Å². The fourth-order valence-electron chi connectivity index (χ4n) is 4.81. The molecule has 7 heteroatoms. The number of hydrogen-bond acceptors (Lipinski definition) is 6.